The summed E-state index contributed by atoms with van der Waals surface area (Å²) in [6, 6.07) is 0. The molecule has 0 fully saturated rings. The molecule has 0 amide bonds. The van der Waals surface area contributed by atoms with E-state index < -0.39 is 12.6 Å². The van der Waals surface area contributed by atoms with Crippen LogP contribution in [0.2, 0.25) is 0 Å². The molecule has 0 atom stereocenters. The molecular weight excluding hydrogens is 247 g/mol. The molecule has 0 aliphatic carbocycles. The van der Waals surface area contributed by atoms with Gasteiger partial charge in [0.15, 0.2) is 5.65 Å². The predicted octanol–water partition coefficient (Wildman–Crippen LogP) is 2.10. The second-order valence-corrected chi connectivity index (χ2v) is 4.06. The summed E-state index contributed by atoms with van der Waals surface area (Å²) in [6.07, 6.45) is -5.15. The van der Waals surface area contributed by atoms with Crippen molar-refractivity contribution in [2.45, 2.75) is 39.5 Å². The number of halogens is 3. The lowest BCUT2D eigenvalue weighted by Crippen LogP contribution is -2.15. The van der Waals surface area contributed by atoms with E-state index in [2.05, 4.69) is 10.1 Å². The maximum Gasteiger partial charge on any atom is 0.390 e. The molecule has 0 aromatic carbocycles. The number of rotatable bonds is 3. The van der Waals surface area contributed by atoms with Crippen LogP contribution < -0.4 is 5.73 Å². The zero-order valence-corrected chi connectivity index (χ0v) is 10.1. The summed E-state index contributed by atoms with van der Waals surface area (Å²) < 4.78 is 39.8. The van der Waals surface area contributed by atoms with Crippen LogP contribution in [0.5, 0.6) is 0 Å². The number of hydrogen-bond donors (Lipinski definition) is 1. The van der Waals surface area contributed by atoms with Crippen molar-refractivity contribution < 1.29 is 13.2 Å². The van der Waals surface area contributed by atoms with E-state index in [1.165, 1.54) is 4.57 Å². The number of nitrogen functional groups attached to an aromatic ring is 1. The van der Waals surface area contributed by atoms with Crippen molar-refractivity contribution in [3.05, 3.63) is 5.69 Å². The average Bonchev–Trinajstić information content (AvgIpc) is 2.73. The Kier molecular flexibility index (Phi) is 2.95. The van der Waals surface area contributed by atoms with E-state index in [9.17, 15) is 13.2 Å². The molecule has 0 aliphatic rings. The molecule has 18 heavy (non-hydrogen) atoms. The van der Waals surface area contributed by atoms with Gasteiger partial charge in [-0.1, -0.05) is 0 Å². The molecule has 5 nitrogen and oxygen atoms in total. The highest BCUT2D eigenvalue weighted by molar-refractivity contribution is 5.77. The first-order valence-corrected chi connectivity index (χ1v) is 5.59. The Bertz CT molecular complexity index is 566. The van der Waals surface area contributed by atoms with E-state index in [1.54, 1.807) is 11.6 Å². The number of anilines is 1. The second kappa shape index (κ2) is 4.18. The van der Waals surface area contributed by atoms with Crippen LogP contribution in [0.1, 0.15) is 19.0 Å². The third kappa shape index (κ3) is 2.14. The smallest absolute Gasteiger partial charge is 0.369 e. The maximum absolute atomic E-state index is 12.3. The van der Waals surface area contributed by atoms with Crippen molar-refractivity contribution in [2.75, 3.05) is 5.73 Å². The summed E-state index contributed by atoms with van der Waals surface area (Å²) >= 11 is 0. The number of imidazole rings is 1. The zero-order valence-electron chi connectivity index (χ0n) is 10.1. The molecule has 0 spiro atoms. The molecule has 2 aromatic rings. The molecule has 0 radical (unpaired) electrons. The van der Waals surface area contributed by atoms with Crippen molar-refractivity contribution in [2.24, 2.45) is 0 Å². The average molecular weight is 261 g/mol. The SMILES string of the molecule is CCn1nc(C)c2nc(N)n(CCC(F)(F)F)c21. The molecule has 0 aliphatic heterocycles. The van der Waals surface area contributed by atoms with Crippen LogP contribution in [0, 0.1) is 6.92 Å². The van der Waals surface area contributed by atoms with Crippen LogP contribution in [-0.4, -0.2) is 25.5 Å². The van der Waals surface area contributed by atoms with Gasteiger partial charge in [-0.15, -0.1) is 0 Å². The zero-order chi connectivity index (χ0) is 13.5. The van der Waals surface area contributed by atoms with Gasteiger partial charge in [-0.05, 0) is 13.8 Å². The lowest BCUT2D eigenvalue weighted by molar-refractivity contribution is -0.136. The first-order valence-electron chi connectivity index (χ1n) is 5.59. The Balaban J connectivity index is 2.45. The molecule has 0 saturated heterocycles. The van der Waals surface area contributed by atoms with E-state index in [4.69, 9.17) is 5.73 Å². The van der Waals surface area contributed by atoms with Gasteiger partial charge in [-0.2, -0.15) is 18.3 Å². The molecular formula is C10H14F3N5. The number of nitrogens with zero attached hydrogens (tertiary/aromatic N) is 4. The maximum atomic E-state index is 12.3. The number of aromatic nitrogens is 4. The number of alkyl halides is 3. The largest absolute Gasteiger partial charge is 0.390 e. The molecule has 100 valence electrons. The van der Waals surface area contributed by atoms with Crippen LogP contribution in [0.3, 0.4) is 0 Å². The Morgan fingerprint density at radius 2 is 2.00 bits per heavy atom. The highest BCUT2D eigenvalue weighted by Gasteiger charge is 2.28. The van der Waals surface area contributed by atoms with Gasteiger partial charge in [0.1, 0.15) is 5.52 Å². The minimum Gasteiger partial charge on any atom is -0.369 e. The van der Waals surface area contributed by atoms with Crippen molar-refractivity contribution >= 4 is 17.1 Å². The fraction of sp³-hybridized carbons (Fsp3) is 0.600. The van der Waals surface area contributed by atoms with Gasteiger partial charge in [0.25, 0.3) is 0 Å². The van der Waals surface area contributed by atoms with Crippen molar-refractivity contribution in [1.82, 2.24) is 19.3 Å². The summed E-state index contributed by atoms with van der Waals surface area (Å²) in [5, 5.41) is 4.21. The Labute approximate surface area is 101 Å². The van der Waals surface area contributed by atoms with Crippen molar-refractivity contribution in [1.29, 1.82) is 0 Å². The van der Waals surface area contributed by atoms with Crippen LogP contribution in [0.25, 0.3) is 11.2 Å². The normalized spacial score (nSPS) is 12.5. The number of nitrogens with two attached hydrogens (primary N) is 1. The molecule has 2 rings (SSSR count). The van der Waals surface area contributed by atoms with Crippen LogP contribution in [0.4, 0.5) is 19.1 Å². The van der Waals surface area contributed by atoms with Crippen molar-refractivity contribution in [3.63, 3.8) is 0 Å². The summed E-state index contributed by atoms with van der Waals surface area (Å²) in [5.41, 5.74) is 7.45. The van der Waals surface area contributed by atoms with Gasteiger partial charge in [0, 0.05) is 13.1 Å². The van der Waals surface area contributed by atoms with E-state index in [0.717, 1.165) is 0 Å². The molecule has 0 saturated carbocycles. The third-order valence-corrected chi connectivity index (χ3v) is 2.75. The summed E-state index contributed by atoms with van der Waals surface area (Å²) in [5.74, 6) is 0.0944. The highest BCUT2D eigenvalue weighted by atomic mass is 19.4. The second-order valence-electron chi connectivity index (χ2n) is 4.06. The monoisotopic (exact) mass is 261 g/mol. The first-order chi connectivity index (χ1) is 8.33. The number of hydrogen-bond acceptors (Lipinski definition) is 3. The number of aryl methyl sites for hydroxylation is 3. The van der Waals surface area contributed by atoms with Gasteiger partial charge in [-0.3, -0.25) is 4.57 Å². The quantitative estimate of drug-likeness (QED) is 0.920. The lowest BCUT2D eigenvalue weighted by Gasteiger charge is -2.09. The summed E-state index contributed by atoms with van der Waals surface area (Å²) in [7, 11) is 0. The topological polar surface area (TPSA) is 61.7 Å². The summed E-state index contributed by atoms with van der Waals surface area (Å²) in [4.78, 5) is 4.07. The first kappa shape index (κ1) is 12.7. The van der Waals surface area contributed by atoms with Crippen molar-refractivity contribution in [3.8, 4) is 0 Å². The standard InChI is InChI=1S/C10H14F3N5/c1-3-18-8-7(6(2)16-18)15-9(14)17(8)5-4-10(11,12)13/h3-5H2,1-2H3,(H2,14,15). The van der Waals surface area contributed by atoms with Crippen LogP contribution >= 0.6 is 0 Å². The molecule has 0 unspecified atom stereocenters. The Morgan fingerprint density at radius 1 is 1.33 bits per heavy atom. The molecule has 2 heterocycles. The minimum atomic E-state index is -4.21. The Morgan fingerprint density at radius 3 is 2.56 bits per heavy atom. The van der Waals surface area contributed by atoms with E-state index in [1.807, 2.05) is 6.92 Å². The highest BCUT2D eigenvalue weighted by Crippen LogP contribution is 2.25. The third-order valence-electron chi connectivity index (χ3n) is 2.75. The van der Waals surface area contributed by atoms with E-state index in [-0.39, 0.29) is 12.5 Å². The fourth-order valence-electron chi connectivity index (χ4n) is 1.92. The van der Waals surface area contributed by atoms with Gasteiger partial charge >= 0.3 is 6.18 Å². The Hall–Kier alpha value is -1.73. The van der Waals surface area contributed by atoms with Crippen LogP contribution in [-0.2, 0) is 13.1 Å². The van der Waals surface area contributed by atoms with Gasteiger partial charge < -0.3 is 5.73 Å². The van der Waals surface area contributed by atoms with E-state index >= 15 is 0 Å². The molecule has 2 aromatic heterocycles. The predicted molar refractivity (Wildman–Crippen MR) is 61.0 cm³/mol. The molecule has 8 heteroatoms. The van der Waals surface area contributed by atoms with Gasteiger partial charge in [0.2, 0.25) is 5.95 Å². The van der Waals surface area contributed by atoms with Gasteiger partial charge in [-0.25, -0.2) is 9.67 Å². The number of fused-ring (bicyclic) bond motifs is 1. The molecule has 2 N–H and O–H groups in total. The van der Waals surface area contributed by atoms with Gasteiger partial charge in [0.05, 0.1) is 12.1 Å². The summed E-state index contributed by atoms with van der Waals surface area (Å²) in [6.45, 7) is 3.94. The van der Waals surface area contributed by atoms with Crippen LogP contribution in [0.15, 0.2) is 0 Å². The van der Waals surface area contributed by atoms with E-state index in [0.29, 0.717) is 23.4 Å². The lowest BCUT2D eigenvalue weighted by atomic mass is 10.4. The molecule has 0 bridgehead atoms. The minimum absolute atomic E-state index is 0.0944. The fourth-order valence-corrected chi connectivity index (χ4v) is 1.92.